The zero-order chi connectivity index (χ0) is 11.4. The van der Waals surface area contributed by atoms with Gasteiger partial charge in [0.05, 0.1) is 17.5 Å². The Balaban J connectivity index is 3.15. The van der Waals surface area contributed by atoms with Crippen LogP contribution in [0.1, 0.15) is 21.5 Å². The summed E-state index contributed by atoms with van der Waals surface area (Å²) >= 11 is 0. The van der Waals surface area contributed by atoms with Gasteiger partial charge in [0.25, 0.3) is 0 Å². The number of hydrogen-bond donors (Lipinski definition) is 2. The van der Waals surface area contributed by atoms with Crippen LogP contribution >= 0.6 is 0 Å². The highest BCUT2D eigenvalue weighted by Crippen LogP contribution is 2.11. The maximum absolute atomic E-state index is 10.6. The van der Waals surface area contributed by atoms with E-state index in [0.29, 0.717) is 5.56 Å². The summed E-state index contributed by atoms with van der Waals surface area (Å²) in [7, 11) is 0. The van der Waals surface area contributed by atoms with Crippen LogP contribution in [0.5, 0.6) is 0 Å². The Hall–Kier alpha value is -2.35. The fourth-order valence-electron chi connectivity index (χ4n) is 1.15. The summed E-state index contributed by atoms with van der Waals surface area (Å²) in [6.07, 6.45) is -0.228. The van der Waals surface area contributed by atoms with Gasteiger partial charge in [0, 0.05) is 0 Å². The summed E-state index contributed by atoms with van der Waals surface area (Å²) in [6.45, 7) is 0. The molecular formula is C10H7NO4. The largest absolute Gasteiger partial charge is 0.481 e. The number of benzene rings is 1. The molecular weight excluding hydrogens is 198 g/mol. The number of carbonyl (C=O) groups is 2. The summed E-state index contributed by atoms with van der Waals surface area (Å²) < 4.78 is 0. The van der Waals surface area contributed by atoms with Crippen molar-refractivity contribution in [3.05, 3.63) is 34.9 Å². The van der Waals surface area contributed by atoms with Gasteiger partial charge in [-0.1, -0.05) is 6.07 Å². The van der Waals surface area contributed by atoms with E-state index >= 15 is 0 Å². The lowest BCUT2D eigenvalue weighted by atomic mass is 10.0. The average molecular weight is 205 g/mol. The van der Waals surface area contributed by atoms with Crippen molar-refractivity contribution < 1.29 is 19.8 Å². The first-order valence-electron chi connectivity index (χ1n) is 4.02. The molecule has 0 saturated carbocycles. The number of nitrogens with zero attached hydrogens (tertiary/aromatic N) is 1. The van der Waals surface area contributed by atoms with E-state index < -0.39 is 11.9 Å². The number of aliphatic carboxylic acids is 1. The van der Waals surface area contributed by atoms with Crippen LogP contribution in [0, 0.1) is 11.3 Å². The lowest BCUT2D eigenvalue weighted by Gasteiger charge is -2.01. The number of carboxylic acids is 2. The Morgan fingerprint density at radius 3 is 2.47 bits per heavy atom. The van der Waals surface area contributed by atoms with Gasteiger partial charge in [-0.2, -0.15) is 5.26 Å². The van der Waals surface area contributed by atoms with Crippen LogP contribution in [0.2, 0.25) is 0 Å². The molecule has 1 rings (SSSR count). The molecule has 0 unspecified atom stereocenters. The van der Waals surface area contributed by atoms with Crippen LogP contribution in [0.15, 0.2) is 18.2 Å². The third-order valence-electron chi connectivity index (χ3n) is 1.79. The SMILES string of the molecule is N#Cc1cc(CC(=O)O)ccc1C(=O)O. The van der Waals surface area contributed by atoms with Crippen LogP contribution in [0.25, 0.3) is 0 Å². The number of nitriles is 1. The molecule has 2 N–H and O–H groups in total. The van der Waals surface area contributed by atoms with Gasteiger partial charge in [-0.3, -0.25) is 4.79 Å². The highest BCUT2D eigenvalue weighted by molar-refractivity contribution is 5.90. The van der Waals surface area contributed by atoms with E-state index in [1.807, 2.05) is 0 Å². The molecule has 0 radical (unpaired) electrons. The maximum atomic E-state index is 10.6. The monoisotopic (exact) mass is 205 g/mol. The van der Waals surface area contributed by atoms with Gasteiger partial charge in [-0.05, 0) is 17.7 Å². The fourth-order valence-corrected chi connectivity index (χ4v) is 1.15. The Bertz CT molecular complexity index is 459. The van der Waals surface area contributed by atoms with Crippen LogP contribution in [0.3, 0.4) is 0 Å². The molecule has 15 heavy (non-hydrogen) atoms. The minimum Gasteiger partial charge on any atom is -0.481 e. The van der Waals surface area contributed by atoms with E-state index in [-0.39, 0.29) is 17.5 Å². The Kier molecular flexibility index (Phi) is 3.03. The summed E-state index contributed by atoms with van der Waals surface area (Å²) in [5, 5.41) is 25.9. The van der Waals surface area contributed by atoms with Crippen molar-refractivity contribution in [1.29, 1.82) is 5.26 Å². The van der Waals surface area contributed by atoms with E-state index in [9.17, 15) is 9.59 Å². The standard InChI is InChI=1S/C10H7NO4/c11-5-7-3-6(4-9(12)13)1-2-8(7)10(14)15/h1-3H,4H2,(H,12,13)(H,14,15). The van der Waals surface area contributed by atoms with Gasteiger partial charge in [-0.15, -0.1) is 0 Å². The van der Waals surface area contributed by atoms with E-state index in [4.69, 9.17) is 15.5 Å². The second-order valence-electron chi connectivity index (χ2n) is 2.87. The summed E-state index contributed by atoms with van der Waals surface area (Å²) in [6, 6.07) is 5.61. The van der Waals surface area contributed by atoms with Gasteiger partial charge in [0.2, 0.25) is 0 Å². The first-order chi connectivity index (χ1) is 7.04. The molecule has 0 amide bonds. The van der Waals surface area contributed by atoms with Crippen molar-refractivity contribution in [2.75, 3.05) is 0 Å². The van der Waals surface area contributed by atoms with Crippen LogP contribution in [-0.2, 0) is 11.2 Å². The quantitative estimate of drug-likeness (QED) is 0.763. The van der Waals surface area contributed by atoms with Crippen molar-refractivity contribution in [2.45, 2.75) is 6.42 Å². The smallest absolute Gasteiger partial charge is 0.337 e. The molecule has 0 spiro atoms. The van der Waals surface area contributed by atoms with Crippen molar-refractivity contribution in [3.8, 4) is 6.07 Å². The number of hydrogen-bond acceptors (Lipinski definition) is 3. The van der Waals surface area contributed by atoms with Crippen LogP contribution in [0.4, 0.5) is 0 Å². The molecule has 0 saturated heterocycles. The second-order valence-corrected chi connectivity index (χ2v) is 2.87. The first kappa shape index (κ1) is 10.7. The van der Waals surface area contributed by atoms with Gasteiger partial charge in [0.1, 0.15) is 6.07 Å². The van der Waals surface area contributed by atoms with E-state index in [0.717, 1.165) is 0 Å². The molecule has 1 aromatic carbocycles. The minimum absolute atomic E-state index is 0.0266. The van der Waals surface area contributed by atoms with Crippen molar-refractivity contribution >= 4 is 11.9 Å². The molecule has 0 aliphatic rings. The van der Waals surface area contributed by atoms with Gasteiger partial charge < -0.3 is 10.2 Å². The molecule has 0 aliphatic heterocycles. The minimum atomic E-state index is -1.20. The third-order valence-corrected chi connectivity index (χ3v) is 1.79. The lowest BCUT2D eigenvalue weighted by Crippen LogP contribution is -2.04. The highest BCUT2D eigenvalue weighted by Gasteiger charge is 2.11. The molecule has 0 aromatic heterocycles. The Morgan fingerprint density at radius 1 is 1.33 bits per heavy atom. The summed E-state index contributed by atoms with van der Waals surface area (Å²) in [5.41, 5.74) is 0.261. The molecule has 0 aliphatic carbocycles. The molecule has 76 valence electrons. The zero-order valence-corrected chi connectivity index (χ0v) is 7.60. The fraction of sp³-hybridized carbons (Fsp3) is 0.100. The van der Waals surface area contributed by atoms with E-state index in [1.54, 1.807) is 6.07 Å². The lowest BCUT2D eigenvalue weighted by molar-refractivity contribution is -0.136. The Morgan fingerprint density at radius 2 is 2.00 bits per heavy atom. The molecule has 5 heteroatoms. The van der Waals surface area contributed by atoms with Gasteiger partial charge >= 0.3 is 11.9 Å². The number of aromatic carboxylic acids is 1. The van der Waals surface area contributed by atoms with E-state index in [2.05, 4.69) is 0 Å². The van der Waals surface area contributed by atoms with Crippen molar-refractivity contribution in [2.24, 2.45) is 0 Å². The topological polar surface area (TPSA) is 98.4 Å². The first-order valence-corrected chi connectivity index (χ1v) is 4.02. The third kappa shape index (κ3) is 2.54. The maximum Gasteiger partial charge on any atom is 0.337 e. The zero-order valence-electron chi connectivity index (χ0n) is 7.60. The molecule has 5 nitrogen and oxygen atoms in total. The van der Waals surface area contributed by atoms with Crippen molar-refractivity contribution in [3.63, 3.8) is 0 Å². The van der Waals surface area contributed by atoms with Crippen LogP contribution < -0.4 is 0 Å². The predicted octanol–water partition coefficient (Wildman–Crippen LogP) is 0.884. The Labute approximate surface area is 85.2 Å². The molecule has 0 atom stereocenters. The molecule has 1 aromatic rings. The summed E-state index contributed by atoms with van der Waals surface area (Å²) in [4.78, 5) is 21.0. The number of rotatable bonds is 3. The average Bonchev–Trinajstić information content (AvgIpc) is 2.16. The molecule has 0 heterocycles. The highest BCUT2D eigenvalue weighted by atomic mass is 16.4. The molecule has 0 fully saturated rings. The van der Waals surface area contributed by atoms with E-state index in [1.165, 1.54) is 18.2 Å². The predicted molar refractivity (Wildman–Crippen MR) is 49.5 cm³/mol. The van der Waals surface area contributed by atoms with Crippen LogP contribution in [-0.4, -0.2) is 22.2 Å². The second kappa shape index (κ2) is 4.24. The van der Waals surface area contributed by atoms with Gasteiger partial charge in [0.15, 0.2) is 0 Å². The summed E-state index contributed by atoms with van der Waals surface area (Å²) in [5.74, 6) is -2.23. The normalized spacial score (nSPS) is 9.27. The van der Waals surface area contributed by atoms with Gasteiger partial charge in [-0.25, -0.2) is 4.79 Å². The molecule has 0 bridgehead atoms. The van der Waals surface area contributed by atoms with Crippen molar-refractivity contribution in [1.82, 2.24) is 0 Å². The number of carboxylic acid groups (broad SMARTS) is 2.